The first kappa shape index (κ1) is 17.5. The van der Waals surface area contributed by atoms with E-state index in [4.69, 9.17) is 10.5 Å². The summed E-state index contributed by atoms with van der Waals surface area (Å²) in [7, 11) is 0. The second-order valence-corrected chi connectivity index (χ2v) is 6.30. The van der Waals surface area contributed by atoms with Crippen LogP contribution in [-0.2, 0) is 4.79 Å². The van der Waals surface area contributed by atoms with E-state index >= 15 is 0 Å². The van der Waals surface area contributed by atoms with Crippen LogP contribution < -0.4 is 10.5 Å². The quantitative estimate of drug-likeness (QED) is 0.795. The van der Waals surface area contributed by atoms with Crippen LogP contribution in [-0.4, -0.2) is 47.3 Å². The number of nitrogens with zero attached hydrogens (tertiary/aromatic N) is 1. The maximum absolute atomic E-state index is 11.1. The Morgan fingerprint density at radius 3 is 2.62 bits per heavy atom. The Kier molecular flexibility index (Phi) is 6.18. The van der Waals surface area contributed by atoms with E-state index in [-0.39, 0.29) is 18.7 Å². The van der Waals surface area contributed by atoms with Gasteiger partial charge in [-0.3, -0.25) is 9.69 Å². The molecule has 5 nitrogen and oxygen atoms in total. The molecule has 0 aliphatic rings. The first-order chi connectivity index (χ1) is 9.68. The number of primary amides is 1. The van der Waals surface area contributed by atoms with Crippen molar-refractivity contribution >= 4 is 5.91 Å². The molecule has 0 fully saturated rings. The van der Waals surface area contributed by atoms with Gasteiger partial charge >= 0.3 is 0 Å². The fourth-order valence-corrected chi connectivity index (χ4v) is 1.97. The molecule has 1 amide bonds. The third kappa shape index (κ3) is 6.60. The minimum Gasteiger partial charge on any atom is -0.491 e. The number of hydrogen-bond acceptors (Lipinski definition) is 4. The van der Waals surface area contributed by atoms with Crippen molar-refractivity contribution in [1.29, 1.82) is 0 Å². The van der Waals surface area contributed by atoms with Crippen LogP contribution in [0.15, 0.2) is 24.3 Å². The SMILES string of the molecule is Cc1cccc(OCC(O)CN(CC(N)=O)C(C)(C)C)c1. The highest BCUT2D eigenvalue weighted by atomic mass is 16.5. The summed E-state index contributed by atoms with van der Waals surface area (Å²) >= 11 is 0. The van der Waals surface area contributed by atoms with E-state index in [9.17, 15) is 9.90 Å². The first-order valence-corrected chi connectivity index (χ1v) is 7.09. The minimum atomic E-state index is -0.691. The van der Waals surface area contributed by atoms with Crippen molar-refractivity contribution in [2.24, 2.45) is 5.73 Å². The molecule has 21 heavy (non-hydrogen) atoms. The van der Waals surface area contributed by atoms with E-state index in [2.05, 4.69) is 0 Å². The number of carbonyl (C=O) groups excluding carboxylic acids is 1. The predicted octanol–water partition coefficient (Wildman–Crippen LogP) is 1.32. The van der Waals surface area contributed by atoms with Crippen molar-refractivity contribution < 1.29 is 14.6 Å². The Balaban J connectivity index is 2.54. The van der Waals surface area contributed by atoms with Crippen molar-refractivity contribution in [3.05, 3.63) is 29.8 Å². The molecule has 0 aliphatic carbocycles. The van der Waals surface area contributed by atoms with Gasteiger partial charge in [0, 0.05) is 12.1 Å². The summed E-state index contributed by atoms with van der Waals surface area (Å²) < 4.78 is 5.57. The van der Waals surface area contributed by atoms with Crippen molar-refractivity contribution in [2.75, 3.05) is 19.7 Å². The van der Waals surface area contributed by atoms with Crippen molar-refractivity contribution in [3.63, 3.8) is 0 Å². The Bertz CT molecular complexity index is 469. The molecule has 0 saturated carbocycles. The number of amides is 1. The monoisotopic (exact) mass is 294 g/mol. The number of β-amino-alcohol motifs (C(OH)–C–C–N with tert-alkyl or cyclic N) is 1. The van der Waals surface area contributed by atoms with E-state index in [1.54, 1.807) is 0 Å². The number of hydrogen-bond donors (Lipinski definition) is 2. The zero-order valence-electron chi connectivity index (χ0n) is 13.3. The second-order valence-electron chi connectivity index (χ2n) is 6.30. The summed E-state index contributed by atoms with van der Waals surface area (Å²) in [5.41, 5.74) is 6.11. The maximum Gasteiger partial charge on any atom is 0.231 e. The lowest BCUT2D eigenvalue weighted by Gasteiger charge is -2.35. The van der Waals surface area contributed by atoms with Crippen LogP contribution >= 0.6 is 0 Å². The Hall–Kier alpha value is -1.59. The molecule has 3 N–H and O–H groups in total. The Morgan fingerprint density at radius 1 is 1.43 bits per heavy atom. The van der Waals surface area contributed by atoms with E-state index < -0.39 is 12.0 Å². The van der Waals surface area contributed by atoms with E-state index in [1.807, 2.05) is 56.9 Å². The largest absolute Gasteiger partial charge is 0.491 e. The molecule has 0 aromatic heterocycles. The lowest BCUT2D eigenvalue weighted by Crippen LogP contribution is -2.50. The lowest BCUT2D eigenvalue weighted by atomic mass is 10.1. The summed E-state index contributed by atoms with van der Waals surface area (Å²) in [5.74, 6) is 0.322. The van der Waals surface area contributed by atoms with Crippen molar-refractivity contribution in [2.45, 2.75) is 39.3 Å². The van der Waals surface area contributed by atoms with Crippen LogP contribution in [0.1, 0.15) is 26.3 Å². The molecule has 118 valence electrons. The van der Waals surface area contributed by atoms with E-state index in [0.717, 1.165) is 11.3 Å². The molecular formula is C16H26N2O3. The smallest absolute Gasteiger partial charge is 0.231 e. The van der Waals surface area contributed by atoms with Crippen LogP contribution in [0.2, 0.25) is 0 Å². The average molecular weight is 294 g/mol. The molecule has 1 atom stereocenters. The van der Waals surface area contributed by atoms with Crippen molar-refractivity contribution in [3.8, 4) is 5.75 Å². The first-order valence-electron chi connectivity index (χ1n) is 7.09. The van der Waals surface area contributed by atoms with E-state index in [1.165, 1.54) is 0 Å². The molecule has 1 rings (SSSR count). The van der Waals surface area contributed by atoms with Gasteiger partial charge in [0.05, 0.1) is 6.54 Å². The molecule has 0 aliphatic heterocycles. The minimum absolute atomic E-state index is 0.116. The molecule has 0 bridgehead atoms. The molecule has 0 spiro atoms. The van der Waals surface area contributed by atoms with Gasteiger partial charge in [-0.25, -0.2) is 0 Å². The third-order valence-corrected chi connectivity index (χ3v) is 3.16. The van der Waals surface area contributed by atoms with Crippen LogP contribution in [0.4, 0.5) is 0 Å². The van der Waals surface area contributed by atoms with Crippen LogP contribution in [0.5, 0.6) is 5.75 Å². The summed E-state index contributed by atoms with van der Waals surface area (Å²) in [4.78, 5) is 13.0. The van der Waals surface area contributed by atoms with Gasteiger partial charge in [0.1, 0.15) is 18.5 Å². The number of aliphatic hydroxyl groups excluding tert-OH is 1. The van der Waals surface area contributed by atoms with Gasteiger partial charge in [-0.05, 0) is 45.4 Å². The van der Waals surface area contributed by atoms with Gasteiger partial charge in [-0.1, -0.05) is 12.1 Å². The lowest BCUT2D eigenvalue weighted by molar-refractivity contribution is -0.121. The summed E-state index contributed by atoms with van der Waals surface area (Å²) in [5, 5.41) is 10.1. The number of benzene rings is 1. The number of ether oxygens (including phenoxy) is 1. The normalized spacial score (nSPS) is 13.2. The summed E-state index contributed by atoms with van der Waals surface area (Å²) in [6.45, 7) is 8.54. The van der Waals surface area contributed by atoms with Gasteiger partial charge in [0.15, 0.2) is 0 Å². The van der Waals surface area contributed by atoms with Crippen LogP contribution in [0.25, 0.3) is 0 Å². The topological polar surface area (TPSA) is 75.8 Å². The van der Waals surface area contributed by atoms with Gasteiger partial charge in [0.25, 0.3) is 0 Å². The Labute approximate surface area is 126 Å². The average Bonchev–Trinajstić information content (AvgIpc) is 2.34. The van der Waals surface area contributed by atoms with Gasteiger partial charge in [0.2, 0.25) is 5.91 Å². The molecule has 1 aromatic carbocycles. The standard InChI is InChI=1S/C16H26N2O3/c1-12-6-5-7-14(8-12)21-11-13(19)9-18(10-15(17)20)16(2,3)4/h5-8,13,19H,9-11H2,1-4H3,(H2,17,20). The summed E-state index contributed by atoms with van der Waals surface area (Å²) in [6.07, 6.45) is -0.691. The highest BCUT2D eigenvalue weighted by Gasteiger charge is 2.25. The summed E-state index contributed by atoms with van der Waals surface area (Å²) in [6, 6.07) is 7.66. The highest BCUT2D eigenvalue weighted by Crippen LogP contribution is 2.15. The maximum atomic E-state index is 11.1. The third-order valence-electron chi connectivity index (χ3n) is 3.16. The molecule has 0 heterocycles. The zero-order chi connectivity index (χ0) is 16.0. The molecule has 0 saturated heterocycles. The molecular weight excluding hydrogens is 268 g/mol. The van der Waals surface area contributed by atoms with Crippen LogP contribution in [0.3, 0.4) is 0 Å². The fraction of sp³-hybridized carbons (Fsp3) is 0.562. The number of aryl methyl sites for hydroxylation is 1. The number of rotatable bonds is 7. The molecule has 5 heteroatoms. The van der Waals surface area contributed by atoms with E-state index in [0.29, 0.717) is 6.54 Å². The van der Waals surface area contributed by atoms with Gasteiger partial charge in [-0.15, -0.1) is 0 Å². The van der Waals surface area contributed by atoms with Crippen molar-refractivity contribution in [1.82, 2.24) is 4.90 Å². The predicted molar refractivity (Wildman–Crippen MR) is 83.2 cm³/mol. The van der Waals surface area contributed by atoms with Gasteiger partial charge in [-0.2, -0.15) is 0 Å². The highest BCUT2D eigenvalue weighted by molar-refractivity contribution is 5.76. The Morgan fingerprint density at radius 2 is 2.10 bits per heavy atom. The molecule has 1 aromatic rings. The number of aliphatic hydroxyl groups is 1. The molecule has 1 unspecified atom stereocenters. The fourth-order valence-electron chi connectivity index (χ4n) is 1.97. The van der Waals surface area contributed by atoms with Gasteiger partial charge < -0.3 is 15.6 Å². The van der Waals surface area contributed by atoms with Crippen LogP contribution in [0, 0.1) is 6.92 Å². The zero-order valence-corrected chi connectivity index (χ0v) is 13.3. The number of nitrogens with two attached hydrogens (primary N) is 1. The number of carbonyl (C=O) groups is 1. The second kappa shape index (κ2) is 7.43. The molecule has 0 radical (unpaired) electrons.